The van der Waals surface area contributed by atoms with Gasteiger partial charge in [-0.05, 0) is 47.0 Å². The topological polar surface area (TPSA) is 52.7 Å². The SMILES string of the molecule is O=C(Nc1ccccc1-c1ccccc1)N1C/C=C\C(c2ccc(Cl)cc2)N(Cc2ccc(F)cc2)C(=O)C1. The summed E-state index contributed by atoms with van der Waals surface area (Å²) in [7, 11) is 0. The van der Waals surface area contributed by atoms with E-state index in [0.29, 0.717) is 10.7 Å². The van der Waals surface area contributed by atoms with E-state index < -0.39 is 0 Å². The second-order valence-corrected chi connectivity index (χ2v) is 9.73. The first-order valence-corrected chi connectivity index (χ1v) is 13.0. The molecule has 0 aromatic heterocycles. The maximum Gasteiger partial charge on any atom is 0.322 e. The third kappa shape index (κ3) is 6.36. The van der Waals surface area contributed by atoms with Crippen molar-refractivity contribution in [3.05, 3.63) is 137 Å². The quantitative estimate of drug-likeness (QED) is 0.270. The van der Waals surface area contributed by atoms with Crippen LogP contribution in [-0.2, 0) is 11.3 Å². The number of anilines is 1. The predicted molar refractivity (Wildman–Crippen MR) is 153 cm³/mol. The van der Waals surface area contributed by atoms with Gasteiger partial charge in [-0.25, -0.2) is 9.18 Å². The van der Waals surface area contributed by atoms with Gasteiger partial charge in [-0.2, -0.15) is 0 Å². The van der Waals surface area contributed by atoms with E-state index in [0.717, 1.165) is 22.3 Å². The number of halogens is 2. The van der Waals surface area contributed by atoms with Gasteiger partial charge in [0, 0.05) is 23.7 Å². The standard InChI is InChI=1S/C32H27ClFN3O2/c33-26-16-14-25(15-17-26)30-11-6-20-36(22-31(38)37(30)21-23-12-18-27(34)19-13-23)32(39)35-29-10-5-4-9-28(29)24-7-2-1-3-8-24/h1-19,30H,20-22H2,(H,35,39)/b11-6-. The lowest BCUT2D eigenvalue weighted by atomic mass is 10.0. The Labute approximate surface area is 232 Å². The smallest absolute Gasteiger partial charge is 0.322 e. The van der Waals surface area contributed by atoms with E-state index in [9.17, 15) is 14.0 Å². The van der Waals surface area contributed by atoms with E-state index in [1.54, 1.807) is 29.2 Å². The molecular weight excluding hydrogens is 513 g/mol. The van der Waals surface area contributed by atoms with E-state index >= 15 is 0 Å². The third-order valence-electron chi connectivity index (χ3n) is 6.64. The zero-order chi connectivity index (χ0) is 27.2. The Hall–Kier alpha value is -4.42. The van der Waals surface area contributed by atoms with Crippen LogP contribution in [0.3, 0.4) is 0 Å². The van der Waals surface area contributed by atoms with Crippen LogP contribution in [0.4, 0.5) is 14.9 Å². The summed E-state index contributed by atoms with van der Waals surface area (Å²) in [6.45, 7) is 0.400. The number of benzene rings is 4. The van der Waals surface area contributed by atoms with Crippen molar-refractivity contribution >= 4 is 29.2 Å². The van der Waals surface area contributed by atoms with Gasteiger partial charge in [-0.15, -0.1) is 0 Å². The summed E-state index contributed by atoms with van der Waals surface area (Å²) in [5, 5.41) is 3.59. The predicted octanol–water partition coefficient (Wildman–Crippen LogP) is 7.32. The zero-order valence-electron chi connectivity index (χ0n) is 21.1. The van der Waals surface area contributed by atoms with Crippen LogP contribution in [0.5, 0.6) is 0 Å². The molecule has 0 saturated carbocycles. The van der Waals surface area contributed by atoms with Crippen molar-refractivity contribution in [3.63, 3.8) is 0 Å². The summed E-state index contributed by atoms with van der Waals surface area (Å²) in [6.07, 6.45) is 3.81. The van der Waals surface area contributed by atoms with Crippen LogP contribution in [-0.4, -0.2) is 34.8 Å². The molecule has 196 valence electrons. The summed E-state index contributed by atoms with van der Waals surface area (Å²) in [6, 6.07) is 30.1. The van der Waals surface area contributed by atoms with Gasteiger partial charge in [-0.1, -0.05) is 96.5 Å². The fraction of sp³-hybridized carbons (Fsp3) is 0.125. The number of urea groups is 1. The molecule has 5 rings (SSSR count). The molecule has 0 fully saturated rings. The van der Waals surface area contributed by atoms with Crippen LogP contribution in [0, 0.1) is 5.82 Å². The lowest BCUT2D eigenvalue weighted by Crippen LogP contribution is -2.46. The van der Waals surface area contributed by atoms with Crippen molar-refractivity contribution in [2.45, 2.75) is 12.6 Å². The van der Waals surface area contributed by atoms with E-state index in [-0.39, 0.29) is 43.4 Å². The molecule has 1 atom stereocenters. The Morgan fingerprint density at radius 1 is 0.897 bits per heavy atom. The molecule has 1 N–H and O–H groups in total. The average molecular weight is 540 g/mol. The Bertz CT molecular complexity index is 1470. The molecule has 0 bridgehead atoms. The molecule has 0 saturated heterocycles. The van der Waals surface area contributed by atoms with Crippen molar-refractivity contribution in [1.82, 2.24) is 9.80 Å². The molecule has 0 aliphatic carbocycles. The van der Waals surface area contributed by atoms with Crippen LogP contribution < -0.4 is 5.32 Å². The first-order chi connectivity index (χ1) is 19.0. The largest absolute Gasteiger partial charge is 0.326 e. The lowest BCUT2D eigenvalue weighted by Gasteiger charge is -2.34. The highest BCUT2D eigenvalue weighted by Crippen LogP contribution is 2.29. The fourth-order valence-corrected chi connectivity index (χ4v) is 4.76. The van der Waals surface area contributed by atoms with Gasteiger partial charge >= 0.3 is 6.03 Å². The normalized spacial score (nSPS) is 16.4. The highest BCUT2D eigenvalue weighted by molar-refractivity contribution is 6.30. The number of hydrogen-bond acceptors (Lipinski definition) is 2. The Kier molecular flexibility index (Phi) is 8.04. The highest BCUT2D eigenvalue weighted by atomic mass is 35.5. The van der Waals surface area contributed by atoms with Crippen molar-refractivity contribution < 1.29 is 14.0 Å². The highest BCUT2D eigenvalue weighted by Gasteiger charge is 2.29. The van der Waals surface area contributed by atoms with Gasteiger partial charge in [0.15, 0.2) is 0 Å². The molecule has 7 heteroatoms. The van der Waals surface area contributed by atoms with E-state index in [4.69, 9.17) is 11.6 Å². The van der Waals surface area contributed by atoms with Crippen molar-refractivity contribution in [1.29, 1.82) is 0 Å². The lowest BCUT2D eigenvalue weighted by molar-refractivity contribution is -0.134. The van der Waals surface area contributed by atoms with Gasteiger partial charge < -0.3 is 15.1 Å². The first-order valence-electron chi connectivity index (χ1n) is 12.6. The summed E-state index contributed by atoms with van der Waals surface area (Å²) < 4.78 is 13.5. The van der Waals surface area contributed by atoms with E-state index in [1.807, 2.05) is 78.9 Å². The number of carbonyl (C=O) groups is 2. The Morgan fingerprint density at radius 2 is 1.59 bits per heavy atom. The number of carbonyl (C=O) groups excluding carboxylic acids is 2. The summed E-state index contributed by atoms with van der Waals surface area (Å²) in [5.41, 5.74) is 4.20. The van der Waals surface area contributed by atoms with Crippen LogP contribution in [0.25, 0.3) is 11.1 Å². The van der Waals surface area contributed by atoms with E-state index in [2.05, 4.69) is 5.32 Å². The van der Waals surface area contributed by atoms with Gasteiger partial charge in [0.25, 0.3) is 0 Å². The van der Waals surface area contributed by atoms with Gasteiger partial charge in [0.05, 0.1) is 11.7 Å². The number of nitrogens with zero attached hydrogens (tertiary/aromatic N) is 2. The molecule has 1 unspecified atom stereocenters. The number of nitrogens with one attached hydrogen (secondary N) is 1. The maximum absolute atomic E-state index is 13.7. The van der Waals surface area contributed by atoms with Gasteiger partial charge in [0.2, 0.25) is 5.91 Å². The zero-order valence-corrected chi connectivity index (χ0v) is 21.9. The fourth-order valence-electron chi connectivity index (χ4n) is 4.63. The molecule has 5 nitrogen and oxygen atoms in total. The molecular formula is C32H27ClFN3O2. The monoisotopic (exact) mass is 539 g/mol. The number of hydrogen-bond donors (Lipinski definition) is 1. The molecule has 0 spiro atoms. The summed E-state index contributed by atoms with van der Waals surface area (Å²) in [5.74, 6) is -0.569. The second kappa shape index (κ2) is 12.0. The molecule has 4 aromatic carbocycles. The first kappa shape index (κ1) is 26.2. The third-order valence-corrected chi connectivity index (χ3v) is 6.90. The average Bonchev–Trinajstić information content (AvgIpc) is 2.95. The van der Waals surface area contributed by atoms with Crippen LogP contribution in [0.2, 0.25) is 5.02 Å². The molecule has 39 heavy (non-hydrogen) atoms. The number of rotatable bonds is 5. The number of amides is 3. The molecule has 3 amide bonds. The number of para-hydroxylation sites is 1. The minimum atomic E-state index is -0.372. The minimum Gasteiger partial charge on any atom is -0.326 e. The molecule has 4 aromatic rings. The van der Waals surface area contributed by atoms with Crippen LogP contribution in [0.15, 0.2) is 115 Å². The molecule has 1 aliphatic rings. The van der Waals surface area contributed by atoms with Gasteiger partial charge in [0.1, 0.15) is 12.4 Å². The Morgan fingerprint density at radius 3 is 2.33 bits per heavy atom. The van der Waals surface area contributed by atoms with Crippen LogP contribution >= 0.6 is 11.6 Å². The van der Waals surface area contributed by atoms with Crippen molar-refractivity contribution in [3.8, 4) is 11.1 Å². The van der Waals surface area contributed by atoms with E-state index in [1.165, 1.54) is 17.0 Å². The van der Waals surface area contributed by atoms with Crippen molar-refractivity contribution in [2.24, 2.45) is 0 Å². The summed E-state index contributed by atoms with van der Waals surface area (Å²) in [4.78, 5) is 30.3. The van der Waals surface area contributed by atoms with Crippen LogP contribution in [0.1, 0.15) is 17.2 Å². The van der Waals surface area contributed by atoms with Gasteiger partial charge in [-0.3, -0.25) is 4.79 Å². The molecule has 1 heterocycles. The summed E-state index contributed by atoms with van der Waals surface area (Å²) >= 11 is 6.10. The van der Waals surface area contributed by atoms with Crippen molar-refractivity contribution in [2.75, 3.05) is 18.4 Å². The molecule has 0 radical (unpaired) electrons. The minimum absolute atomic E-state index is 0.116. The molecule has 1 aliphatic heterocycles. The maximum atomic E-state index is 13.7. The second-order valence-electron chi connectivity index (χ2n) is 9.29. The Balaban J connectivity index is 1.41.